The predicted molar refractivity (Wildman–Crippen MR) is 62.5 cm³/mol. The van der Waals surface area contributed by atoms with Crippen LogP contribution < -0.4 is 16.6 Å². The van der Waals surface area contributed by atoms with Crippen LogP contribution in [0.2, 0.25) is 0 Å². The molecule has 1 heterocycles. The Kier molecular flexibility index (Phi) is 3.34. The smallest absolute Gasteiger partial charge is 0.205 e. The number of aliphatic imine (C=N–C) groups is 1. The zero-order valence-electron chi connectivity index (χ0n) is 9.15. The van der Waals surface area contributed by atoms with E-state index in [-0.39, 0.29) is 11.7 Å². The van der Waals surface area contributed by atoms with Crippen LogP contribution in [0.4, 0.5) is 0 Å². The molecule has 16 heavy (non-hydrogen) atoms. The highest BCUT2D eigenvalue weighted by atomic mass is 32.2. The quantitative estimate of drug-likeness (QED) is 0.257. The minimum absolute atomic E-state index is 0.148. The van der Waals surface area contributed by atoms with Crippen molar-refractivity contribution < 1.29 is 8.42 Å². The van der Waals surface area contributed by atoms with Gasteiger partial charge in [0.05, 0.1) is 11.5 Å². The molecule has 1 saturated heterocycles. The first-order valence-corrected chi connectivity index (χ1v) is 7.39. The Morgan fingerprint density at radius 3 is 2.62 bits per heavy atom. The standard InChI is InChI=1S/C9H18N4O2S/c10-13-9(12-8-1-2-8)11-5-7-3-4-16(14,15)6-7/h7-8H,1-6,10H2,(H2,11,12,13). The van der Waals surface area contributed by atoms with Crippen molar-refractivity contribution in [3.63, 3.8) is 0 Å². The van der Waals surface area contributed by atoms with Crippen LogP contribution in [0.5, 0.6) is 0 Å². The molecule has 4 N–H and O–H groups in total. The van der Waals surface area contributed by atoms with Crippen LogP contribution in [-0.2, 0) is 9.84 Å². The highest BCUT2D eigenvalue weighted by molar-refractivity contribution is 7.91. The van der Waals surface area contributed by atoms with Gasteiger partial charge in [-0.15, -0.1) is 0 Å². The first-order chi connectivity index (χ1) is 7.59. The number of sulfone groups is 1. The third-order valence-corrected chi connectivity index (χ3v) is 4.73. The normalized spacial score (nSPS) is 29.1. The van der Waals surface area contributed by atoms with E-state index in [4.69, 9.17) is 5.84 Å². The van der Waals surface area contributed by atoms with Gasteiger partial charge in [-0.2, -0.15) is 0 Å². The molecule has 7 heteroatoms. The maximum atomic E-state index is 11.2. The Morgan fingerprint density at radius 2 is 2.12 bits per heavy atom. The van der Waals surface area contributed by atoms with Crippen molar-refractivity contribution >= 4 is 15.8 Å². The fraction of sp³-hybridized carbons (Fsp3) is 0.889. The van der Waals surface area contributed by atoms with Gasteiger partial charge < -0.3 is 5.32 Å². The predicted octanol–water partition coefficient (Wildman–Crippen LogP) is -1.01. The van der Waals surface area contributed by atoms with Gasteiger partial charge in [-0.05, 0) is 25.2 Å². The number of nitrogens with one attached hydrogen (secondary N) is 2. The van der Waals surface area contributed by atoms with E-state index in [0.29, 0.717) is 30.7 Å². The summed E-state index contributed by atoms with van der Waals surface area (Å²) in [6, 6.07) is 0.488. The van der Waals surface area contributed by atoms with Crippen LogP contribution >= 0.6 is 0 Å². The first-order valence-electron chi connectivity index (χ1n) is 5.57. The van der Waals surface area contributed by atoms with Crippen molar-refractivity contribution in [1.29, 1.82) is 0 Å². The van der Waals surface area contributed by atoms with Crippen LogP contribution in [0.25, 0.3) is 0 Å². The van der Waals surface area contributed by atoms with Gasteiger partial charge >= 0.3 is 0 Å². The molecule has 1 saturated carbocycles. The summed E-state index contributed by atoms with van der Waals surface area (Å²) in [4.78, 5) is 4.27. The number of hydrogen-bond acceptors (Lipinski definition) is 4. The van der Waals surface area contributed by atoms with Crippen LogP contribution in [-0.4, -0.2) is 38.5 Å². The molecule has 6 nitrogen and oxygen atoms in total. The fourth-order valence-corrected chi connectivity index (χ4v) is 3.64. The number of hydrogen-bond donors (Lipinski definition) is 3. The lowest BCUT2D eigenvalue weighted by Gasteiger charge is -2.09. The third kappa shape index (κ3) is 3.34. The molecule has 1 aliphatic heterocycles. The van der Waals surface area contributed by atoms with Gasteiger partial charge in [-0.3, -0.25) is 10.4 Å². The Bertz CT molecular complexity index is 375. The molecule has 2 rings (SSSR count). The lowest BCUT2D eigenvalue weighted by atomic mass is 10.1. The molecule has 0 aromatic carbocycles. The molecule has 0 aromatic heterocycles. The summed E-state index contributed by atoms with van der Waals surface area (Å²) in [6.45, 7) is 0.526. The maximum absolute atomic E-state index is 11.2. The van der Waals surface area contributed by atoms with Gasteiger partial charge in [-0.25, -0.2) is 14.3 Å². The van der Waals surface area contributed by atoms with E-state index < -0.39 is 9.84 Å². The van der Waals surface area contributed by atoms with Gasteiger partial charge in [0.1, 0.15) is 0 Å². The number of guanidine groups is 1. The molecule has 1 atom stereocenters. The number of rotatable bonds is 3. The zero-order valence-corrected chi connectivity index (χ0v) is 9.96. The van der Waals surface area contributed by atoms with Crippen molar-refractivity contribution in [3.8, 4) is 0 Å². The van der Waals surface area contributed by atoms with E-state index >= 15 is 0 Å². The minimum Gasteiger partial charge on any atom is -0.353 e. The number of hydrazine groups is 1. The maximum Gasteiger partial charge on any atom is 0.205 e. The minimum atomic E-state index is -2.80. The van der Waals surface area contributed by atoms with Crippen molar-refractivity contribution in [2.45, 2.75) is 25.3 Å². The SMILES string of the molecule is NNC(=NCC1CCS(=O)(=O)C1)NC1CC1. The number of nitrogens with zero attached hydrogens (tertiary/aromatic N) is 1. The molecule has 0 radical (unpaired) electrons. The summed E-state index contributed by atoms with van der Waals surface area (Å²) in [7, 11) is -2.80. The summed E-state index contributed by atoms with van der Waals surface area (Å²) in [5, 5.41) is 3.15. The average Bonchev–Trinajstić information content (AvgIpc) is 2.97. The second-order valence-electron chi connectivity index (χ2n) is 4.52. The van der Waals surface area contributed by atoms with E-state index in [1.165, 1.54) is 0 Å². The zero-order chi connectivity index (χ0) is 11.6. The van der Waals surface area contributed by atoms with Crippen molar-refractivity contribution in [2.24, 2.45) is 16.8 Å². The molecule has 0 bridgehead atoms. The molecule has 1 unspecified atom stereocenters. The molecule has 0 aromatic rings. The molecule has 0 amide bonds. The van der Waals surface area contributed by atoms with Gasteiger partial charge in [0, 0.05) is 12.6 Å². The summed E-state index contributed by atoms with van der Waals surface area (Å²) in [5.74, 6) is 6.61. The van der Waals surface area contributed by atoms with Crippen LogP contribution in [0, 0.1) is 5.92 Å². The van der Waals surface area contributed by atoms with Gasteiger partial charge in [0.2, 0.25) is 5.96 Å². The van der Waals surface area contributed by atoms with Crippen LogP contribution in [0.1, 0.15) is 19.3 Å². The second-order valence-corrected chi connectivity index (χ2v) is 6.75. The van der Waals surface area contributed by atoms with Crippen LogP contribution in [0.15, 0.2) is 4.99 Å². The van der Waals surface area contributed by atoms with Crippen LogP contribution in [0.3, 0.4) is 0 Å². The molecular formula is C9H18N4O2S. The topological polar surface area (TPSA) is 96.6 Å². The van der Waals surface area contributed by atoms with Crippen molar-refractivity contribution in [3.05, 3.63) is 0 Å². The fourth-order valence-electron chi connectivity index (χ4n) is 1.79. The average molecular weight is 246 g/mol. The van der Waals surface area contributed by atoms with Crippen molar-refractivity contribution in [2.75, 3.05) is 18.1 Å². The van der Waals surface area contributed by atoms with Crippen molar-refractivity contribution in [1.82, 2.24) is 10.7 Å². The molecule has 0 spiro atoms. The highest BCUT2D eigenvalue weighted by Gasteiger charge is 2.28. The van der Waals surface area contributed by atoms with Gasteiger partial charge in [0.25, 0.3) is 0 Å². The Balaban J connectivity index is 1.82. The van der Waals surface area contributed by atoms with Gasteiger partial charge in [0.15, 0.2) is 9.84 Å². The Morgan fingerprint density at radius 1 is 1.38 bits per heavy atom. The lowest BCUT2D eigenvalue weighted by molar-refractivity contribution is 0.589. The van der Waals surface area contributed by atoms with E-state index in [9.17, 15) is 8.42 Å². The van der Waals surface area contributed by atoms with Gasteiger partial charge in [-0.1, -0.05) is 0 Å². The molecule has 1 aliphatic carbocycles. The van der Waals surface area contributed by atoms with E-state index in [2.05, 4.69) is 15.7 Å². The third-order valence-electron chi connectivity index (χ3n) is 2.89. The Hall–Kier alpha value is -0.820. The molecule has 92 valence electrons. The van der Waals surface area contributed by atoms with E-state index in [1.807, 2.05) is 0 Å². The summed E-state index contributed by atoms with van der Waals surface area (Å²) >= 11 is 0. The summed E-state index contributed by atoms with van der Waals surface area (Å²) in [5.41, 5.74) is 2.51. The molecular weight excluding hydrogens is 228 g/mol. The first kappa shape index (κ1) is 11.7. The molecule has 2 aliphatic rings. The highest BCUT2D eigenvalue weighted by Crippen LogP contribution is 2.19. The number of nitrogens with two attached hydrogens (primary N) is 1. The van der Waals surface area contributed by atoms with E-state index in [1.54, 1.807) is 0 Å². The largest absolute Gasteiger partial charge is 0.353 e. The Labute approximate surface area is 95.6 Å². The summed E-state index contributed by atoms with van der Waals surface area (Å²) < 4.78 is 22.5. The summed E-state index contributed by atoms with van der Waals surface area (Å²) in [6.07, 6.45) is 3.02. The lowest BCUT2D eigenvalue weighted by Crippen LogP contribution is -2.42. The molecule has 2 fully saturated rings. The monoisotopic (exact) mass is 246 g/mol. The second kappa shape index (κ2) is 4.58. The van der Waals surface area contributed by atoms with E-state index in [0.717, 1.165) is 12.8 Å².